The van der Waals surface area contributed by atoms with Crippen molar-refractivity contribution in [2.24, 2.45) is 0 Å². The van der Waals surface area contributed by atoms with Gasteiger partial charge in [0.15, 0.2) is 0 Å². The quantitative estimate of drug-likeness (QED) is 0.910. The summed E-state index contributed by atoms with van der Waals surface area (Å²) in [4.78, 5) is 28.5. The molecular weight excluding hydrogens is 316 g/mol. The van der Waals surface area contributed by atoms with Gasteiger partial charge in [0.2, 0.25) is 11.5 Å². The lowest BCUT2D eigenvalue weighted by atomic mass is 9.90. The summed E-state index contributed by atoms with van der Waals surface area (Å²) in [5, 5.41) is 0. The molecule has 5 heteroatoms. The van der Waals surface area contributed by atoms with Crippen LogP contribution in [0.3, 0.4) is 0 Å². The number of H-pyrrole nitrogens is 1. The number of benzene rings is 1. The maximum Gasteiger partial charge on any atom is 0.248 e. The number of pyridine rings is 1. The molecule has 0 bridgehead atoms. The average Bonchev–Trinajstić information content (AvgIpc) is 2.66. The second-order valence-electron chi connectivity index (χ2n) is 6.45. The Morgan fingerprint density at radius 3 is 2.72 bits per heavy atom. The van der Waals surface area contributed by atoms with Crippen molar-refractivity contribution in [3.8, 4) is 5.75 Å². The lowest BCUT2D eigenvalue weighted by molar-refractivity contribution is -0.132. The van der Waals surface area contributed by atoms with E-state index in [-0.39, 0.29) is 11.5 Å². The van der Waals surface area contributed by atoms with Gasteiger partial charge in [-0.3, -0.25) is 9.59 Å². The Morgan fingerprint density at radius 2 is 2.00 bits per heavy atom. The van der Waals surface area contributed by atoms with Gasteiger partial charge >= 0.3 is 0 Å². The molecule has 0 saturated carbocycles. The van der Waals surface area contributed by atoms with Gasteiger partial charge in [0, 0.05) is 31.8 Å². The van der Waals surface area contributed by atoms with Crippen LogP contribution in [-0.2, 0) is 11.2 Å². The zero-order valence-electron chi connectivity index (χ0n) is 14.5. The highest BCUT2D eigenvalue weighted by molar-refractivity contribution is 5.76. The number of hydrogen-bond donors (Lipinski definition) is 1. The normalized spacial score (nSPS) is 15.2. The van der Waals surface area contributed by atoms with Crippen LogP contribution in [0.25, 0.3) is 0 Å². The standard InChI is InChI=1S/C20H24N2O3/c1-25-18-5-3-2-4-16(18)6-7-20(24)22-12-9-15(10-13-22)17-8-11-21-19(23)14-17/h2-5,8,11,14-15H,6-7,9-10,12-13H2,1H3,(H,21,23). The maximum atomic E-state index is 12.5. The summed E-state index contributed by atoms with van der Waals surface area (Å²) < 4.78 is 5.34. The molecule has 132 valence electrons. The van der Waals surface area contributed by atoms with Crippen LogP contribution < -0.4 is 10.3 Å². The molecule has 1 aliphatic rings. The second kappa shape index (κ2) is 8.01. The van der Waals surface area contributed by atoms with Crippen molar-refractivity contribution in [1.82, 2.24) is 9.88 Å². The zero-order chi connectivity index (χ0) is 17.6. The Morgan fingerprint density at radius 1 is 1.24 bits per heavy atom. The van der Waals surface area contributed by atoms with Gasteiger partial charge in [-0.05, 0) is 48.4 Å². The Hall–Kier alpha value is -2.56. The number of piperidine rings is 1. The lowest BCUT2D eigenvalue weighted by Gasteiger charge is -2.32. The van der Waals surface area contributed by atoms with Gasteiger partial charge in [0.25, 0.3) is 0 Å². The molecule has 5 nitrogen and oxygen atoms in total. The number of aromatic amines is 1. The van der Waals surface area contributed by atoms with E-state index in [2.05, 4.69) is 4.98 Å². The predicted octanol–water partition coefficient (Wildman–Crippen LogP) is 2.72. The van der Waals surface area contributed by atoms with Crippen LogP contribution in [0, 0.1) is 0 Å². The summed E-state index contributed by atoms with van der Waals surface area (Å²) in [5.41, 5.74) is 2.08. The van der Waals surface area contributed by atoms with E-state index >= 15 is 0 Å². The van der Waals surface area contributed by atoms with Crippen molar-refractivity contribution in [3.63, 3.8) is 0 Å². The van der Waals surface area contributed by atoms with Crippen LogP contribution in [0.15, 0.2) is 47.4 Å². The topological polar surface area (TPSA) is 62.4 Å². The number of aromatic nitrogens is 1. The number of nitrogens with zero attached hydrogens (tertiary/aromatic N) is 1. The fourth-order valence-corrected chi connectivity index (χ4v) is 3.49. The highest BCUT2D eigenvalue weighted by atomic mass is 16.5. The van der Waals surface area contributed by atoms with Gasteiger partial charge in [-0.25, -0.2) is 0 Å². The van der Waals surface area contributed by atoms with Crippen molar-refractivity contribution in [2.75, 3.05) is 20.2 Å². The van der Waals surface area contributed by atoms with E-state index in [9.17, 15) is 9.59 Å². The summed E-state index contributed by atoms with van der Waals surface area (Å²) in [6.45, 7) is 1.50. The van der Waals surface area contributed by atoms with Crippen molar-refractivity contribution < 1.29 is 9.53 Å². The Kier molecular flexibility index (Phi) is 5.53. The Labute approximate surface area is 147 Å². The molecule has 2 heterocycles. The van der Waals surface area contributed by atoms with Crippen LogP contribution in [0.4, 0.5) is 0 Å². The van der Waals surface area contributed by atoms with E-state index in [1.54, 1.807) is 19.4 Å². The summed E-state index contributed by atoms with van der Waals surface area (Å²) in [5.74, 6) is 1.39. The molecule has 3 rings (SSSR count). The lowest BCUT2D eigenvalue weighted by Crippen LogP contribution is -2.38. The molecular formula is C20H24N2O3. The smallest absolute Gasteiger partial charge is 0.248 e. The third-order valence-corrected chi connectivity index (χ3v) is 4.92. The second-order valence-corrected chi connectivity index (χ2v) is 6.45. The van der Waals surface area contributed by atoms with Crippen molar-refractivity contribution in [2.45, 2.75) is 31.6 Å². The van der Waals surface area contributed by atoms with Gasteiger partial charge in [-0.15, -0.1) is 0 Å². The fraction of sp³-hybridized carbons (Fsp3) is 0.400. The molecule has 2 aromatic rings. The summed E-state index contributed by atoms with van der Waals surface area (Å²) in [6, 6.07) is 11.5. The number of nitrogens with one attached hydrogen (secondary N) is 1. The Bertz CT molecular complexity index is 776. The third-order valence-electron chi connectivity index (χ3n) is 4.92. The SMILES string of the molecule is COc1ccccc1CCC(=O)N1CCC(c2cc[nH]c(=O)c2)CC1. The van der Waals surface area contributed by atoms with E-state index in [0.29, 0.717) is 18.8 Å². The average molecular weight is 340 g/mol. The van der Waals surface area contributed by atoms with Crippen LogP contribution in [0.1, 0.15) is 36.3 Å². The molecule has 0 atom stereocenters. The minimum atomic E-state index is -0.0622. The van der Waals surface area contributed by atoms with Crippen LogP contribution in [0.5, 0.6) is 5.75 Å². The molecule has 0 radical (unpaired) electrons. The molecule has 0 spiro atoms. The number of amides is 1. The number of methoxy groups -OCH3 is 1. The fourth-order valence-electron chi connectivity index (χ4n) is 3.49. The van der Waals surface area contributed by atoms with Crippen molar-refractivity contribution in [1.29, 1.82) is 0 Å². The first-order valence-electron chi connectivity index (χ1n) is 8.75. The van der Waals surface area contributed by atoms with Crippen LogP contribution in [-0.4, -0.2) is 36.0 Å². The molecule has 1 aromatic carbocycles. The molecule has 1 N–H and O–H groups in total. The highest BCUT2D eigenvalue weighted by Gasteiger charge is 2.23. The van der Waals surface area contributed by atoms with Crippen molar-refractivity contribution in [3.05, 3.63) is 64.1 Å². The predicted molar refractivity (Wildman–Crippen MR) is 96.9 cm³/mol. The van der Waals surface area contributed by atoms with E-state index in [1.807, 2.05) is 35.2 Å². The Balaban J connectivity index is 1.52. The van der Waals surface area contributed by atoms with E-state index in [1.165, 1.54) is 0 Å². The molecule has 25 heavy (non-hydrogen) atoms. The first-order chi connectivity index (χ1) is 12.2. The third kappa shape index (κ3) is 4.29. The number of para-hydroxylation sites is 1. The minimum absolute atomic E-state index is 0.0622. The van der Waals surface area contributed by atoms with Gasteiger partial charge in [0.05, 0.1) is 7.11 Å². The number of carbonyl (C=O) groups excluding carboxylic acids is 1. The molecule has 1 aromatic heterocycles. The van der Waals surface area contributed by atoms with E-state index in [4.69, 9.17) is 4.74 Å². The largest absolute Gasteiger partial charge is 0.496 e. The molecule has 1 aliphatic heterocycles. The molecule has 0 aliphatic carbocycles. The maximum absolute atomic E-state index is 12.5. The highest BCUT2D eigenvalue weighted by Crippen LogP contribution is 2.27. The van der Waals surface area contributed by atoms with Crippen LogP contribution in [0.2, 0.25) is 0 Å². The first-order valence-corrected chi connectivity index (χ1v) is 8.75. The van der Waals surface area contributed by atoms with Crippen molar-refractivity contribution >= 4 is 5.91 Å². The summed E-state index contributed by atoms with van der Waals surface area (Å²) >= 11 is 0. The number of rotatable bonds is 5. The van der Waals surface area contributed by atoms with E-state index < -0.39 is 0 Å². The molecule has 0 unspecified atom stereocenters. The zero-order valence-corrected chi connectivity index (χ0v) is 14.5. The number of aryl methyl sites for hydroxylation is 1. The number of carbonyl (C=O) groups is 1. The van der Waals surface area contributed by atoms with Gasteiger partial charge in [-0.2, -0.15) is 0 Å². The molecule has 1 fully saturated rings. The minimum Gasteiger partial charge on any atom is -0.496 e. The molecule has 1 amide bonds. The number of hydrogen-bond acceptors (Lipinski definition) is 3. The number of likely N-dealkylation sites (tertiary alicyclic amines) is 1. The van der Waals surface area contributed by atoms with E-state index in [0.717, 1.165) is 42.8 Å². The summed E-state index contributed by atoms with van der Waals surface area (Å²) in [6.07, 6.45) is 4.70. The van der Waals surface area contributed by atoms with Gasteiger partial charge in [-0.1, -0.05) is 18.2 Å². The monoisotopic (exact) mass is 340 g/mol. The summed E-state index contributed by atoms with van der Waals surface area (Å²) in [7, 11) is 1.65. The van der Waals surface area contributed by atoms with Gasteiger partial charge < -0.3 is 14.6 Å². The molecule has 1 saturated heterocycles. The number of ether oxygens (including phenoxy) is 1. The van der Waals surface area contributed by atoms with Gasteiger partial charge in [0.1, 0.15) is 5.75 Å². The van der Waals surface area contributed by atoms with Crippen LogP contribution >= 0.6 is 0 Å². The first kappa shape index (κ1) is 17.3.